The maximum atomic E-state index is 9.61. The van der Waals surface area contributed by atoms with E-state index in [1.165, 1.54) is 5.56 Å². The standard InChI is InChI=1S/C12H15NO/c1-8(2)10-6-4-5-9-7-11(14)13(3)12(9)10/h4-8,14H,1-3H3. The van der Waals surface area contributed by atoms with Crippen LogP contribution < -0.4 is 0 Å². The molecule has 0 amide bonds. The van der Waals surface area contributed by atoms with Crippen molar-refractivity contribution in [1.82, 2.24) is 4.57 Å². The Morgan fingerprint density at radius 1 is 1.29 bits per heavy atom. The molecule has 0 fully saturated rings. The highest BCUT2D eigenvalue weighted by Crippen LogP contribution is 2.29. The van der Waals surface area contributed by atoms with Crippen molar-refractivity contribution >= 4 is 10.9 Å². The number of nitrogens with zero attached hydrogens (tertiary/aromatic N) is 1. The molecular formula is C12H15NO. The SMILES string of the molecule is CC(C)c1cccc2cc(O)n(C)c12. The van der Waals surface area contributed by atoms with Gasteiger partial charge >= 0.3 is 0 Å². The minimum absolute atomic E-state index is 0.327. The van der Waals surface area contributed by atoms with Crippen LogP contribution in [0.25, 0.3) is 10.9 Å². The van der Waals surface area contributed by atoms with E-state index in [2.05, 4.69) is 19.9 Å². The first kappa shape index (κ1) is 9.13. The van der Waals surface area contributed by atoms with Crippen LogP contribution in [-0.2, 0) is 7.05 Å². The molecule has 0 saturated heterocycles. The number of hydrogen-bond acceptors (Lipinski definition) is 1. The minimum Gasteiger partial charge on any atom is -0.494 e. The molecule has 0 saturated carbocycles. The summed E-state index contributed by atoms with van der Waals surface area (Å²) < 4.78 is 1.84. The Bertz CT molecular complexity index is 468. The molecule has 0 radical (unpaired) electrons. The van der Waals surface area contributed by atoms with Gasteiger partial charge in [-0.15, -0.1) is 0 Å². The molecule has 0 aliphatic carbocycles. The molecule has 0 unspecified atom stereocenters. The van der Waals surface area contributed by atoms with Crippen LogP contribution in [-0.4, -0.2) is 9.67 Å². The Kier molecular flexibility index (Phi) is 1.99. The summed E-state index contributed by atoms with van der Waals surface area (Å²) in [7, 11) is 1.89. The third kappa shape index (κ3) is 1.18. The van der Waals surface area contributed by atoms with Gasteiger partial charge in [-0.2, -0.15) is 0 Å². The van der Waals surface area contributed by atoms with Gasteiger partial charge in [0.1, 0.15) is 0 Å². The smallest absolute Gasteiger partial charge is 0.191 e. The topological polar surface area (TPSA) is 25.2 Å². The molecule has 2 heteroatoms. The lowest BCUT2D eigenvalue weighted by atomic mass is 10.0. The fourth-order valence-electron chi connectivity index (χ4n) is 1.90. The molecule has 0 aliphatic rings. The van der Waals surface area contributed by atoms with Crippen LogP contribution in [0.4, 0.5) is 0 Å². The zero-order chi connectivity index (χ0) is 10.3. The lowest BCUT2D eigenvalue weighted by Crippen LogP contribution is -1.94. The number of rotatable bonds is 1. The van der Waals surface area contributed by atoms with E-state index < -0.39 is 0 Å². The average Bonchev–Trinajstić information content (AvgIpc) is 2.43. The molecule has 0 atom stereocenters. The largest absolute Gasteiger partial charge is 0.494 e. The molecule has 2 aromatic rings. The van der Waals surface area contributed by atoms with Crippen molar-refractivity contribution in [3.63, 3.8) is 0 Å². The molecule has 0 aliphatic heterocycles. The Hall–Kier alpha value is -1.44. The highest BCUT2D eigenvalue weighted by molar-refractivity contribution is 5.85. The van der Waals surface area contributed by atoms with Crippen molar-refractivity contribution in [1.29, 1.82) is 0 Å². The number of aryl methyl sites for hydroxylation is 1. The molecule has 2 rings (SSSR count). The van der Waals surface area contributed by atoms with E-state index in [0.717, 1.165) is 10.9 Å². The Labute approximate surface area is 83.8 Å². The molecule has 1 heterocycles. The Morgan fingerprint density at radius 3 is 2.64 bits per heavy atom. The lowest BCUT2D eigenvalue weighted by Gasteiger charge is -2.09. The third-order valence-electron chi connectivity index (χ3n) is 2.68. The molecule has 1 aromatic heterocycles. The van der Waals surface area contributed by atoms with Gasteiger partial charge in [0.15, 0.2) is 5.88 Å². The fraction of sp³-hybridized carbons (Fsp3) is 0.333. The average molecular weight is 189 g/mol. The first-order valence-electron chi connectivity index (χ1n) is 4.88. The van der Waals surface area contributed by atoms with Gasteiger partial charge in [0.2, 0.25) is 0 Å². The van der Waals surface area contributed by atoms with E-state index in [0.29, 0.717) is 11.8 Å². The first-order valence-corrected chi connectivity index (χ1v) is 4.88. The predicted octanol–water partition coefficient (Wildman–Crippen LogP) is 3.01. The van der Waals surface area contributed by atoms with Crippen molar-refractivity contribution in [3.05, 3.63) is 29.8 Å². The van der Waals surface area contributed by atoms with Crippen LogP contribution in [0.15, 0.2) is 24.3 Å². The summed E-state index contributed by atoms with van der Waals surface area (Å²) >= 11 is 0. The summed E-state index contributed by atoms with van der Waals surface area (Å²) in [4.78, 5) is 0. The predicted molar refractivity (Wildman–Crippen MR) is 58.7 cm³/mol. The van der Waals surface area contributed by atoms with Gasteiger partial charge in [-0.25, -0.2) is 0 Å². The zero-order valence-electron chi connectivity index (χ0n) is 8.78. The maximum Gasteiger partial charge on any atom is 0.191 e. The molecule has 0 spiro atoms. The van der Waals surface area contributed by atoms with Crippen molar-refractivity contribution in [2.75, 3.05) is 0 Å². The summed E-state index contributed by atoms with van der Waals surface area (Å²) in [5, 5.41) is 10.7. The first-order chi connectivity index (χ1) is 6.61. The fourth-order valence-corrected chi connectivity index (χ4v) is 1.90. The highest BCUT2D eigenvalue weighted by Gasteiger charge is 2.10. The van der Waals surface area contributed by atoms with Gasteiger partial charge in [0.25, 0.3) is 0 Å². The summed E-state index contributed by atoms with van der Waals surface area (Å²) in [6, 6.07) is 7.99. The second-order valence-electron chi connectivity index (χ2n) is 4.00. The molecule has 74 valence electrons. The van der Waals surface area contributed by atoms with Gasteiger partial charge in [-0.1, -0.05) is 32.0 Å². The van der Waals surface area contributed by atoms with Gasteiger partial charge in [0, 0.05) is 18.5 Å². The summed E-state index contributed by atoms with van der Waals surface area (Å²) in [5.74, 6) is 0.805. The lowest BCUT2D eigenvalue weighted by molar-refractivity contribution is 0.435. The summed E-state index contributed by atoms with van der Waals surface area (Å²) in [6.07, 6.45) is 0. The maximum absolute atomic E-state index is 9.61. The summed E-state index contributed by atoms with van der Waals surface area (Å²) in [5.41, 5.74) is 2.42. The Morgan fingerprint density at radius 2 is 2.00 bits per heavy atom. The van der Waals surface area contributed by atoms with Crippen LogP contribution in [0.5, 0.6) is 5.88 Å². The van der Waals surface area contributed by atoms with Crippen LogP contribution in [0, 0.1) is 0 Å². The number of para-hydroxylation sites is 1. The highest BCUT2D eigenvalue weighted by atomic mass is 16.3. The van der Waals surface area contributed by atoms with Gasteiger partial charge < -0.3 is 9.67 Å². The minimum atomic E-state index is 0.327. The summed E-state index contributed by atoms with van der Waals surface area (Å²) in [6.45, 7) is 4.33. The van der Waals surface area contributed by atoms with Gasteiger partial charge in [-0.05, 0) is 11.5 Å². The quantitative estimate of drug-likeness (QED) is 0.733. The molecule has 1 aromatic carbocycles. The second-order valence-corrected chi connectivity index (χ2v) is 4.00. The molecule has 1 N–H and O–H groups in total. The van der Waals surface area contributed by atoms with E-state index in [1.54, 1.807) is 6.07 Å². The molecule has 0 bridgehead atoms. The molecule has 14 heavy (non-hydrogen) atoms. The Balaban J connectivity index is 2.84. The van der Waals surface area contributed by atoms with Crippen molar-refractivity contribution < 1.29 is 5.11 Å². The van der Waals surface area contributed by atoms with E-state index in [4.69, 9.17) is 0 Å². The molecule has 2 nitrogen and oxygen atoms in total. The van der Waals surface area contributed by atoms with Gasteiger partial charge in [-0.3, -0.25) is 0 Å². The second kappa shape index (κ2) is 3.05. The zero-order valence-corrected chi connectivity index (χ0v) is 8.78. The number of hydrogen-bond donors (Lipinski definition) is 1. The monoisotopic (exact) mass is 189 g/mol. The van der Waals surface area contributed by atoms with Crippen LogP contribution in [0.3, 0.4) is 0 Å². The van der Waals surface area contributed by atoms with Crippen molar-refractivity contribution in [2.45, 2.75) is 19.8 Å². The van der Waals surface area contributed by atoms with Crippen LogP contribution >= 0.6 is 0 Å². The number of aromatic hydroxyl groups is 1. The molecular weight excluding hydrogens is 174 g/mol. The number of fused-ring (bicyclic) bond motifs is 1. The number of aromatic nitrogens is 1. The van der Waals surface area contributed by atoms with Crippen molar-refractivity contribution in [2.24, 2.45) is 7.05 Å². The van der Waals surface area contributed by atoms with E-state index in [9.17, 15) is 5.11 Å². The van der Waals surface area contributed by atoms with Crippen LogP contribution in [0.2, 0.25) is 0 Å². The van der Waals surface area contributed by atoms with Crippen LogP contribution in [0.1, 0.15) is 25.3 Å². The number of benzene rings is 1. The normalized spacial score (nSPS) is 11.4. The van der Waals surface area contributed by atoms with E-state index in [-0.39, 0.29) is 0 Å². The van der Waals surface area contributed by atoms with E-state index in [1.807, 2.05) is 23.7 Å². The van der Waals surface area contributed by atoms with Gasteiger partial charge in [0.05, 0.1) is 5.52 Å². The van der Waals surface area contributed by atoms with E-state index >= 15 is 0 Å². The van der Waals surface area contributed by atoms with Crippen molar-refractivity contribution in [3.8, 4) is 5.88 Å². The third-order valence-corrected chi connectivity index (χ3v) is 2.68.